The van der Waals surface area contributed by atoms with E-state index in [9.17, 15) is 14.0 Å². The van der Waals surface area contributed by atoms with E-state index in [4.69, 9.17) is 4.52 Å². The molecule has 0 radical (unpaired) electrons. The number of aromatic nitrogens is 2. The molecule has 0 unspecified atom stereocenters. The highest BCUT2D eigenvalue weighted by Gasteiger charge is 2.30. The first kappa shape index (κ1) is 19.9. The molecule has 1 N–H and O–H groups in total. The van der Waals surface area contributed by atoms with Crippen LogP contribution in [0.1, 0.15) is 37.7 Å². The third-order valence-corrected chi connectivity index (χ3v) is 5.55. The van der Waals surface area contributed by atoms with E-state index in [2.05, 4.69) is 15.5 Å². The van der Waals surface area contributed by atoms with Crippen molar-refractivity contribution in [1.29, 1.82) is 0 Å². The Labute approximate surface area is 182 Å². The fourth-order valence-electron chi connectivity index (χ4n) is 3.82. The predicted molar refractivity (Wildman–Crippen MR) is 114 cm³/mol. The van der Waals surface area contributed by atoms with Gasteiger partial charge in [0, 0.05) is 42.2 Å². The molecule has 0 fully saturated rings. The molecule has 7 nitrogen and oxygen atoms in total. The fourth-order valence-corrected chi connectivity index (χ4v) is 3.82. The molecule has 32 heavy (non-hydrogen) atoms. The molecular formula is C24H19FN4O3. The molecule has 2 amide bonds. The number of carbonyl (C=O) groups is 2. The largest absolute Gasteiger partial charge is 0.360 e. The Hall–Kier alpha value is -4.07. The Balaban J connectivity index is 1.31. The van der Waals surface area contributed by atoms with Crippen molar-refractivity contribution < 1.29 is 18.5 Å². The molecule has 3 heterocycles. The van der Waals surface area contributed by atoms with E-state index in [1.54, 1.807) is 29.3 Å². The average Bonchev–Trinajstić information content (AvgIpc) is 3.26. The number of carbonyl (C=O) groups excluding carboxylic acids is 2. The van der Waals surface area contributed by atoms with Gasteiger partial charge in [0.05, 0.1) is 12.1 Å². The summed E-state index contributed by atoms with van der Waals surface area (Å²) in [5.41, 5.74) is 2.93. The number of amides is 2. The van der Waals surface area contributed by atoms with Crippen LogP contribution in [-0.4, -0.2) is 33.4 Å². The second-order valence-electron chi connectivity index (χ2n) is 7.63. The lowest BCUT2D eigenvalue weighted by Gasteiger charge is -2.26. The lowest BCUT2D eigenvalue weighted by Crippen LogP contribution is -2.36. The molecule has 0 bridgehead atoms. The Morgan fingerprint density at radius 1 is 1.12 bits per heavy atom. The maximum Gasteiger partial charge on any atom is 0.274 e. The average molecular weight is 430 g/mol. The maximum absolute atomic E-state index is 13.1. The fraction of sp³-hybridized carbons (Fsp3) is 0.167. The Morgan fingerprint density at radius 2 is 1.97 bits per heavy atom. The highest BCUT2D eigenvalue weighted by atomic mass is 19.1. The minimum Gasteiger partial charge on any atom is -0.360 e. The summed E-state index contributed by atoms with van der Waals surface area (Å²) in [6.45, 7) is 0.944. The number of rotatable bonds is 4. The molecule has 0 spiro atoms. The van der Waals surface area contributed by atoms with Gasteiger partial charge >= 0.3 is 0 Å². The third kappa shape index (κ3) is 3.82. The molecule has 2 aromatic heterocycles. The van der Waals surface area contributed by atoms with Gasteiger partial charge < -0.3 is 14.7 Å². The van der Waals surface area contributed by atoms with Crippen LogP contribution >= 0.6 is 0 Å². The van der Waals surface area contributed by atoms with Crippen molar-refractivity contribution in [3.63, 3.8) is 0 Å². The summed E-state index contributed by atoms with van der Waals surface area (Å²) in [5, 5.41) is 7.60. The van der Waals surface area contributed by atoms with E-state index >= 15 is 0 Å². The van der Waals surface area contributed by atoms with Gasteiger partial charge in [0.2, 0.25) is 0 Å². The van der Waals surface area contributed by atoms with E-state index < -0.39 is 5.91 Å². The van der Waals surface area contributed by atoms with Gasteiger partial charge in [-0.3, -0.25) is 14.6 Å². The molecular weight excluding hydrogens is 411 g/mol. The Morgan fingerprint density at radius 3 is 2.81 bits per heavy atom. The number of nitrogens with one attached hydrogen (secondary N) is 1. The first-order chi connectivity index (χ1) is 15.6. The van der Waals surface area contributed by atoms with Gasteiger partial charge in [0.25, 0.3) is 11.8 Å². The van der Waals surface area contributed by atoms with E-state index in [-0.39, 0.29) is 30.5 Å². The minimum atomic E-state index is -0.398. The first-order valence-electron chi connectivity index (χ1n) is 10.2. The Bertz CT molecular complexity index is 1320. The molecule has 1 aliphatic rings. The van der Waals surface area contributed by atoms with Gasteiger partial charge in [-0.2, -0.15) is 0 Å². The van der Waals surface area contributed by atoms with E-state index in [1.807, 2.05) is 24.3 Å². The lowest BCUT2D eigenvalue weighted by molar-refractivity contribution is 0.0727. The number of benzene rings is 2. The third-order valence-electron chi connectivity index (χ3n) is 5.55. The van der Waals surface area contributed by atoms with Gasteiger partial charge in [-0.05, 0) is 42.0 Å². The lowest BCUT2D eigenvalue weighted by atomic mass is 10.0. The zero-order chi connectivity index (χ0) is 22.1. The zero-order valence-electron chi connectivity index (χ0n) is 17.0. The van der Waals surface area contributed by atoms with Crippen LogP contribution in [0.4, 0.5) is 4.39 Å². The van der Waals surface area contributed by atoms with Crippen LogP contribution in [0, 0.1) is 5.82 Å². The number of pyridine rings is 1. The summed E-state index contributed by atoms with van der Waals surface area (Å²) in [6.07, 6.45) is 2.19. The monoisotopic (exact) mass is 430 g/mol. The second kappa shape index (κ2) is 8.22. The number of fused-ring (bicyclic) bond motifs is 2. The van der Waals surface area contributed by atoms with Crippen LogP contribution in [0.2, 0.25) is 0 Å². The molecule has 0 saturated carbocycles. The summed E-state index contributed by atoms with van der Waals surface area (Å²) >= 11 is 0. The van der Waals surface area contributed by atoms with Crippen molar-refractivity contribution in [2.24, 2.45) is 0 Å². The van der Waals surface area contributed by atoms with Crippen LogP contribution in [0.15, 0.2) is 65.3 Å². The van der Waals surface area contributed by atoms with Crippen LogP contribution in [0.25, 0.3) is 10.9 Å². The van der Waals surface area contributed by atoms with Crippen LogP contribution in [0.3, 0.4) is 0 Å². The van der Waals surface area contributed by atoms with E-state index in [0.29, 0.717) is 29.9 Å². The summed E-state index contributed by atoms with van der Waals surface area (Å²) < 4.78 is 18.4. The summed E-state index contributed by atoms with van der Waals surface area (Å²) in [7, 11) is 0. The number of hydrogen-bond donors (Lipinski definition) is 1. The molecule has 160 valence electrons. The van der Waals surface area contributed by atoms with Gasteiger partial charge in [-0.1, -0.05) is 23.4 Å². The van der Waals surface area contributed by atoms with Gasteiger partial charge in [-0.15, -0.1) is 0 Å². The van der Waals surface area contributed by atoms with Crippen molar-refractivity contribution >= 4 is 22.7 Å². The number of halogens is 1. The molecule has 0 atom stereocenters. The molecule has 0 saturated heterocycles. The molecule has 5 rings (SSSR count). The van der Waals surface area contributed by atoms with Crippen LogP contribution in [0.5, 0.6) is 0 Å². The normalized spacial score (nSPS) is 13.1. The van der Waals surface area contributed by atoms with Gasteiger partial charge in [-0.25, -0.2) is 4.39 Å². The van der Waals surface area contributed by atoms with E-state index in [1.165, 1.54) is 12.1 Å². The van der Waals surface area contributed by atoms with Gasteiger partial charge in [0.15, 0.2) is 5.69 Å². The van der Waals surface area contributed by atoms with E-state index in [0.717, 1.165) is 16.5 Å². The molecule has 0 aliphatic carbocycles. The van der Waals surface area contributed by atoms with Crippen molar-refractivity contribution in [3.8, 4) is 0 Å². The van der Waals surface area contributed by atoms with Crippen molar-refractivity contribution in [3.05, 3.63) is 94.8 Å². The van der Waals surface area contributed by atoms with Crippen molar-refractivity contribution in [2.45, 2.75) is 19.5 Å². The zero-order valence-corrected chi connectivity index (χ0v) is 17.0. The topological polar surface area (TPSA) is 88.3 Å². The quantitative estimate of drug-likeness (QED) is 0.536. The maximum atomic E-state index is 13.1. The Kier molecular flexibility index (Phi) is 5.10. The van der Waals surface area contributed by atoms with Crippen LogP contribution in [-0.2, 0) is 19.5 Å². The van der Waals surface area contributed by atoms with Gasteiger partial charge in [0.1, 0.15) is 11.6 Å². The highest BCUT2D eigenvalue weighted by molar-refractivity contribution is 5.98. The molecule has 8 heteroatoms. The van der Waals surface area contributed by atoms with Crippen molar-refractivity contribution in [1.82, 2.24) is 20.4 Å². The smallest absolute Gasteiger partial charge is 0.274 e. The highest BCUT2D eigenvalue weighted by Crippen LogP contribution is 2.25. The second-order valence-corrected chi connectivity index (χ2v) is 7.63. The first-order valence-corrected chi connectivity index (χ1v) is 10.2. The summed E-state index contributed by atoms with van der Waals surface area (Å²) in [5.74, 6) is -0.243. The number of nitrogens with zero attached hydrogens (tertiary/aromatic N) is 3. The molecule has 4 aromatic rings. The van der Waals surface area contributed by atoms with Crippen LogP contribution < -0.4 is 5.32 Å². The SMILES string of the molecule is O=C(NCc1ccc(F)cc1)c1noc2c1CN(C(=O)c1ccc3ncccc3c1)CC2. The van der Waals surface area contributed by atoms with Crippen molar-refractivity contribution in [2.75, 3.05) is 6.54 Å². The molecule has 1 aliphatic heterocycles. The predicted octanol–water partition coefficient (Wildman–Crippen LogP) is 3.49. The standard InChI is InChI=1S/C24H19FN4O3/c25-18-6-3-15(4-7-18)13-27-23(30)22-19-14-29(11-9-21(19)32-28-22)24(31)17-5-8-20-16(12-17)2-1-10-26-20/h1-8,10,12H,9,11,13-14H2,(H,27,30). The molecule has 2 aromatic carbocycles. The summed E-state index contributed by atoms with van der Waals surface area (Å²) in [6, 6.07) is 15.0. The summed E-state index contributed by atoms with van der Waals surface area (Å²) in [4.78, 5) is 31.8. The minimum absolute atomic E-state index is 0.125. The number of hydrogen-bond acceptors (Lipinski definition) is 5.